The average Bonchev–Trinajstić information content (AvgIpc) is 3.16. The number of nitrogens with zero attached hydrogens (tertiary/aromatic N) is 2. The maximum Gasteiger partial charge on any atom is 0.225 e. The van der Waals surface area contributed by atoms with Crippen LogP contribution in [0.5, 0.6) is 0 Å². The summed E-state index contributed by atoms with van der Waals surface area (Å²) in [6.45, 7) is 0. The van der Waals surface area contributed by atoms with Crippen molar-refractivity contribution in [2.24, 2.45) is 0 Å². The molecule has 0 aliphatic carbocycles. The number of thioether (sulfide) groups is 1. The van der Waals surface area contributed by atoms with E-state index in [-0.39, 0.29) is 5.91 Å². The number of halogens is 1. The van der Waals surface area contributed by atoms with Crippen LogP contribution in [0.4, 0.5) is 5.69 Å². The lowest BCUT2D eigenvalue weighted by molar-refractivity contribution is -0.115. The first-order valence-corrected chi connectivity index (χ1v) is 9.46. The number of aromatic nitrogens is 2. The summed E-state index contributed by atoms with van der Waals surface area (Å²) >= 11 is 7.80. The number of hydrogen-bond donors (Lipinski definition) is 1. The van der Waals surface area contributed by atoms with Crippen molar-refractivity contribution in [3.8, 4) is 5.69 Å². The van der Waals surface area contributed by atoms with Gasteiger partial charge in [0.25, 0.3) is 0 Å². The molecule has 0 atom stereocenters. The van der Waals surface area contributed by atoms with Crippen molar-refractivity contribution in [2.45, 2.75) is 12.2 Å². The highest BCUT2D eigenvalue weighted by molar-refractivity contribution is 7.98. The van der Waals surface area contributed by atoms with Crippen LogP contribution < -0.4 is 5.32 Å². The van der Waals surface area contributed by atoms with E-state index in [2.05, 4.69) is 10.3 Å². The van der Waals surface area contributed by atoms with Crippen LogP contribution in [0.15, 0.2) is 67.1 Å². The Hall–Kier alpha value is -2.24. The molecule has 0 spiro atoms. The zero-order valence-corrected chi connectivity index (χ0v) is 15.1. The van der Waals surface area contributed by atoms with Gasteiger partial charge in [-0.3, -0.25) is 9.78 Å². The quantitative estimate of drug-likeness (QED) is 0.607. The molecule has 0 aliphatic rings. The van der Waals surface area contributed by atoms with Gasteiger partial charge >= 0.3 is 0 Å². The molecule has 0 fully saturated rings. The minimum Gasteiger partial charge on any atom is -0.324 e. The van der Waals surface area contributed by atoms with Crippen molar-refractivity contribution in [2.75, 3.05) is 11.1 Å². The van der Waals surface area contributed by atoms with Gasteiger partial charge in [-0.05, 0) is 42.5 Å². The Morgan fingerprint density at radius 1 is 1.16 bits per heavy atom. The van der Waals surface area contributed by atoms with Crippen molar-refractivity contribution in [3.05, 3.63) is 77.8 Å². The number of rotatable bonds is 7. The molecule has 2 heterocycles. The van der Waals surface area contributed by atoms with E-state index in [1.807, 2.05) is 59.4 Å². The van der Waals surface area contributed by atoms with Crippen LogP contribution in [0, 0.1) is 0 Å². The van der Waals surface area contributed by atoms with Crippen molar-refractivity contribution < 1.29 is 4.79 Å². The van der Waals surface area contributed by atoms with Crippen molar-refractivity contribution >= 4 is 35.0 Å². The lowest BCUT2D eigenvalue weighted by Crippen LogP contribution is -2.14. The fraction of sp³-hybridized carbons (Fsp3) is 0.158. The average molecular weight is 372 g/mol. The molecule has 0 radical (unpaired) electrons. The standard InChI is InChI=1S/C19H18ClN3OS/c20-15-6-7-17(18(13-15)23-10-3-4-11-23)22-19(24)8-12-25-14-16-5-1-2-9-21-16/h1-7,9-11,13H,8,12,14H2,(H,22,24). The molecule has 1 aromatic carbocycles. The van der Waals surface area contributed by atoms with Crippen LogP contribution in [-0.4, -0.2) is 21.2 Å². The molecule has 4 nitrogen and oxygen atoms in total. The van der Waals surface area contributed by atoms with E-state index in [1.165, 1.54) is 0 Å². The summed E-state index contributed by atoms with van der Waals surface area (Å²) in [6, 6.07) is 15.2. The number of carbonyl (C=O) groups is 1. The van der Waals surface area contributed by atoms with Crippen LogP contribution in [0.3, 0.4) is 0 Å². The highest BCUT2D eigenvalue weighted by atomic mass is 35.5. The van der Waals surface area contributed by atoms with Crippen molar-refractivity contribution in [3.63, 3.8) is 0 Å². The van der Waals surface area contributed by atoms with E-state index in [1.54, 1.807) is 24.0 Å². The maximum atomic E-state index is 12.2. The number of amides is 1. The van der Waals surface area contributed by atoms with Crippen LogP contribution in [-0.2, 0) is 10.5 Å². The molecular weight excluding hydrogens is 354 g/mol. The van der Waals surface area contributed by atoms with Gasteiger partial charge in [-0.1, -0.05) is 17.7 Å². The van der Waals surface area contributed by atoms with Gasteiger partial charge in [0.15, 0.2) is 0 Å². The number of nitrogens with one attached hydrogen (secondary N) is 1. The van der Waals surface area contributed by atoms with Gasteiger partial charge in [0.05, 0.1) is 17.1 Å². The van der Waals surface area contributed by atoms with Gasteiger partial charge in [-0.2, -0.15) is 11.8 Å². The minimum atomic E-state index is -0.00995. The largest absolute Gasteiger partial charge is 0.324 e. The van der Waals surface area contributed by atoms with E-state index in [0.29, 0.717) is 11.4 Å². The Bertz CT molecular complexity index is 822. The lowest BCUT2D eigenvalue weighted by Gasteiger charge is -2.12. The van der Waals surface area contributed by atoms with Gasteiger partial charge in [-0.15, -0.1) is 0 Å². The summed E-state index contributed by atoms with van der Waals surface area (Å²) in [5.41, 5.74) is 2.63. The Balaban J connectivity index is 1.54. The van der Waals surface area contributed by atoms with Gasteiger partial charge < -0.3 is 9.88 Å². The fourth-order valence-electron chi connectivity index (χ4n) is 2.36. The summed E-state index contributed by atoms with van der Waals surface area (Å²) in [5.74, 6) is 1.54. The fourth-order valence-corrected chi connectivity index (χ4v) is 3.38. The van der Waals surface area contributed by atoms with Crippen LogP contribution in [0.25, 0.3) is 5.69 Å². The van der Waals surface area contributed by atoms with E-state index in [9.17, 15) is 4.79 Å². The predicted octanol–water partition coefficient (Wildman–Crippen LogP) is 4.79. The molecule has 25 heavy (non-hydrogen) atoms. The van der Waals surface area contributed by atoms with Crippen molar-refractivity contribution in [1.29, 1.82) is 0 Å². The number of pyridine rings is 1. The summed E-state index contributed by atoms with van der Waals surface area (Å²) in [4.78, 5) is 16.5. The van der Waals surface area contributed by atoms with Crippen LogP contribution in [0.1, 0.15) is 12.1 Å². The summed E-state index contributed by atoms with van der Waals surface area (Å²) in [6.07, 6.45) is 6.07. The lowest BCUT2D eigenvalue weighted by atomic mass is 10.2. The Labute approximate surface area is 156 Å². The van der Waals surface area contributed by atoms with E-state index < -0.39 is 0 Å². The smallest absolute Gasteiger partial charge is 0.225 e. The van der Waals surface area contributed by atoms with Gasteiger partial charge in [0.2, 0.25) is 5.91 Å². The van der Waals surface area contributed by atoms with E-state index >= 15 is 0 Å². The van der Waals surface area contributed by atoms with E-state index in [4.69, 9.17) is 11.6 Å². The molecule has 0 saturated heterocycles. The first kappa shape index (κ1) is 17.6. The second kappa shape index (κ2) is 8.74. The normalized spacial score (nSPS) is 10.6. The monoisotopic (exact) mass is 371 g/mol. The molecule has 128 valence electrons. The number of anilines is 1. The molecule has 0 bridgehead atoms. The Morgan fingerprint density at radius 3 is 2.76 bits per heavy atom. The highest BCUT2D eigenvalue weighted by Gasteiger charge is 2.09. The molecule has 0 aliphatic heterocycles. The third-order valence-electron chi connectivity index (χ3n) is 3.57. The summed E-state index contributed by atoms with van der Waals surface area (Å²) in [5, 5.41) is 3.61. The second-order valence-corrected chi connectivity index (χ2v) is 6.97. The topological polar surface area (TPSA) is 46.9 Å². The molecule has 1 N–H and O–H groups in total. The molecular formula is C19H18ClN3OS. The second-order valence-electron chi connectivity index (χ2n) is 5.42. The minimum absolute atomic E-state index is 0.00995. The molecule has 2 aromatic heterocycles. The van der Waals surface area contributed by atoms with Crippen molar-refractivity contribution in [1.82, 2.24) is 9.55 Å². The molecule has 6 heteroatoms. The Morgan fingerprint density at radius 2 is 2.00 bits per heavy atom. The highest BCUT2D eigenvalue weighted by Crippen LogP contribution is 2.25. The zero-order valence-electron chi connectivity index (χ0n) is 13.6. The maximum absolute atomic E-state index is 12.2. The van der Waals surface area contributed by atoms with E-state index in [0.717, 1.165) is 28.6 Å². The van der Waals surface area contributed by atoms with Crippen LogP contribution in [0.2, 0.25) is 5.02 Å². The predicted molar refractivity (Wildman–Crippen MR) is 104 cm³/mol. The van der Waals surface area contributed by atoms with Gasteiger partial charge in [-0.25, -0.2) is 0 Å². The number of hydrogen-bond acceptors (Lipinski definition) is 3. The summed E-state index contributed by atoms with van der Waals surface area (Å²) < 4.78 is 1.93. The first-order valence-electron chi connectivity index (χ1n) is 7.93. The SMILES string of the molecule is O=C(CCSCc1ccccn1)Nc1ccc(Cl)cc1-n1cccc1. The molecule has 1 amide bonds. The number of carbonyl (C=O) groups excluding carboxylic acids is 1. The molecule has 3 rings (SSSR count). The molecule has 3 aromatic rings. The molecule has 0 saturated carbocycles. The molecule has 0 unspecified atom stereocenters. The van der Waals surface area contributed by atoms with Gasteiger partial charge in [0, 0.05) is 41.5 Å². The zero-order chi connectivity index (χ0) is 17.5. The summed E-state index contributed by atoms with van der Waals surface area (Å²) in [7, 11) is 0. The van der Waals surface area contributed by atoms with Crippen LogP contribution >= 0.6 is 23.4 Å². The third-order valence-corrected chi connectivity index (χ3v) is 4.79. The first-order chi connectivity index (χ1) is 12.2. The van der Waals surface area contributed by atoms with Gasteiger partial charge in [0.1, 0.15) is 0 Å². The number of benzene rings is 1. The Kier molecular flexibility index (Phi) is 6.14. The third kappa shape index (κ3) is 5.11.